The van der Waals surface area contributed by atoms with Gasteiger partial charge in [-0.25, -0.2) is 0 Å². The van der Waals surface area contributed by atoms with E-state index in [2.05, 4.69) is 25.7 Å². The van der Waals surface area contributed by atoms with E-state index < -0.39 is 0 Å². The molecule has 19 heavy (non-hydrogen) atoms. The maximum absolute atomic E-state index is 9.94. The van der Waals surface area contributed by atoms with Gasteiger partial charge < -0.3 is 9.84 Å². The number of benzene rings is 1. The first-order chi connectivity index (χ1) is 9.14. The summed E-state index contributed by atoms with van der Waals surface area (Å²) in [5.74, 6) is 1.88. The molecule has 0 saturated heterocycles. The van der Waals surface area contributed by atoms with E-state index in [1.807, 2.05) is 6.07 Å². The minimum absolute atomic E-state index is 0.351. The van der Waals surface area contributed by atoms with Crippen molar-refractivity contribution in [1.82, 2.24) is 4.90 Å². The summed E-state index contributed by atoms with van der Waals surface area (Å²) < 4.78 is 5.22. The highest BCUT2D eigenvalue weighted by molar-refractivity contribution is 5.39. The Labute approximate surface area is 117 Å². The Hall–Kier alpha value is -1.22. The number of hydrogen-bond donors (Lipinski definition) is 1. The highest BCUT2D eigenvalue weighted by Gasteiger charge is 2.12. The second-order valence-electron chi connectivity index (χ2n) is 5.00. The zero-order valence-electron chi connectivity index (χ0n) is 12.6. The molecule has 1 N–H and O–H groups in total. The van der Waals surface area contributed by atoms with E-state index in [0.29, 0.717) is 5.75 Å². The molecule has 1 rings (SSSR count). The minimum Gasteiger partial charge on any atom is -0.508 e. The van der Waals surface area contributed by atoms with Crippen LogP contribution in [0.2, 0.25) is 0 Å². The Morgan fingerprint density at radius 3 is 2.42 bits per heavy atom. The van der Waals surface area contributed by atoms with Crippen LogP contribution in [0.4, 0.5) is 0 Å². The van der Waals surface area contributed by atoms with E-state index in [0.717, 1.165) is 36.9 Å². The van der Waals surface area contributed by atoms with Crippen LogP contribution in [-0.4, -0.2) is 30.2 Å². The number of nitrogens with zero attached hydrogens (tertiary/aromatic N) is 1. The van der Waals surface area contributed by atoms with Gasteiger partial charge in [-0.2, -0.15) is 0 Å². The monoisotopic (exact) mass is 265 g/mol. The number of methoxy groups -OCH3 is 1. The second-order valence-corrected chi connectivity index (χ2v) is 5.00. The lowest BCUT2D eigenvalue weighted by Crippen LogP contribution is -2.28. The van der Waals surface area contributed by atoms with E-state index in [9.17, 15) is 5.11 Å². The molecule has 0 aliphatic rings. The number of phenolic OH excluding ortho intramolecular Hbond substituents is 1. The van der Waals surface area contributed by atoms with Gasteiger partial charge in [-0.1, -0.05) is 33.6 Å². The molecule has 3 nitrogen and oxygen atoms in total. The van der Waals surface area contributed by atoms with E-state index in [1.165, 1.54) is 12.8 Å². The Kier molecular flexibility index (Phi) is 6.71. The summed E-state index contributed by atoms with van der Waals surface area (Å²) in [4.78, 5) is 2.38. The third kappa shape index (κ3) is 4.75. The van der Waals surface area contributed by atoms with Gasteiger partial charge in [0.2, 0.25) is 0 Å². The van der Waals surface area contributed by atoms with Crippen molar-refractivity contribution in [2.24, 2.45) is 5.92 Å². The molecule has 0 atom stereocenters. The highest BCUT2D eigenvalue weighted by atomic mass is 16.5. The molecule has 0 radical (unpaired) electrons. The molecule has 0 fully saturated rings. The Morgan fingerprint density at radius 2 is 1.89 bits per heavy atom. The van der Waals surface area contributed by atoms with Crippen LogP contribution >= 0.6 is 0 Å². The molecule has 1 aromatic rings. The lowest BCUT2D eigenvalue weighted by Gasteiger charge is -2.25. The van der Waals surface area contributed by atoms with Crippen molar-refractivity contribution in [2.75, 3.05) is 20.2 Å². The van der Waals surface area contributed by atoms with Crippen LogP contribution in [0.25, 0.3) is 0 Å². The molecule has 0 aliphatic carbocycles. The van der Waals surface area contributed by atoms with Crippen molar-refractivity contribution in [2.45, 2.75) is 40.2 Å². The van der Waals surface area contributed by atoms with Gasteiger partial charge in [0, 0.05) is 18.7 Å². The summed E-state index contributed by atoms with van der Waals surface area (Å²) >= 11 is 0. The molecular formula is C16H27NO2. The molecule has 0 bridgehead atoms. The Morgan fingerprint density at radius 1 is 1.21 bits per heavy atom. The van der Waals surface area contributed by atoms with Gasteiger partial charge >= 0.3 is 0 Å². The minimum atomic E-state index is 0.351. The molecule has 0 aliphatic heterocycles. The van der Waals surface area contributed by atoms with Crippen molar-refractivity contribution in [3.8, 4) is 11.5 Å². The zero-order valence-corrected chi connectivity index (χ0v) is 12.6. The van der Waals surface area contributed by atoms with Gasteiger partial charge in [0.05, 0.1) is 7.11 Å². The molecule has 3 heteroatoms. The van der Waals surface area contributed by atoms with Gasteiger partial charge in [0.1, 0.15) is 11.5 Å². The molecule has 0 aromatic heterocycles. The lowest BCUT2D eigenvalue weighted by atomic mass is 10.0. The van der Waals surface area contributed by atoms with E-state index >= 15 is 0 Å². The molecule has 1 aromatic carbocycles. The SMILES string of the molecule is CCC(CC)CN(CC)Cc1cc(OC)ccc1O. The van der Waals surface area contributed by atoms with Gasteiger partial charge in [-0.05, 0) is 30.7 Å². The fourth-order valence-electron chi connectivity index (χ4n) is 2.27. The number of phenols is 1. The molecule has 0 unspecified atom stereocenters. The smallest absolute Gasteiger partial charge is 0.120 e. The molecule has 0 spiro atoms. The number of rotatable bonds is 8. The largest absolute Gasteiger partial charge is 0.508 e. The van der Waals surface area contributed by atoms with Crippen LogP contribution in [0.15, 0.2) is 18.2 Å². The van der Waals surface area contributed by atoms with E-state index in [-0.39, 0.29) is 0 Å². The molecule has 108 valence electrons. The fourth-order valence-corrected chi connectivity index (χ4v) is 2.27. The average Bonchev–Trinajstić information content (AvgIpc) is 2.45. The van der Waals surface area contributed by atoms with E-state index in [4.69, 9.17) is 4.74 Å². The summed E-state index contributed by atoms with van der Waals surface area (Å²) in [6, 6.07) is 5.42. The predicted molar refractivity (Wildman–Crippen MR) is 79.7 cm³/mol. The summed E-state index contributed by atoms with van der Waals surface area (Å²) in [7, 11) is 1.65. The van der Waals surface area contributed by atoms with Crippen LogP contribution in [0, 0.1) is 5.92 Å². The normalized spacial score (nSPS) is 11.3. The summed E-state index contributed by atoms with van der Waals surface area (Å²) in [6.45, 7) is 9.50. The Balaban J connectivity index is 2.74. The summed E-state index contributed by atoms with van der Waals surface area (Å²) in [6.07, 6.45) is 2.41. The Bertz CT molecular complexity index is 375. The number of hydrogen-bond acceptors (Lipinski definition) is 3. The highest BCUT2D eigenvalue weighted by Crippen LogP contribution is 2.24. The summed E-state index contributed by atoms with van der Waals surface area (Å²) in [5.41, 5.74) is 0.937. The van der Waals surface area contributed by atoms with Gasteiger partial charge in [0.15, 0.2) is 0 Å². The second kappa shape index (κ2) is 8.05. The zero-order chi connectivity index (χ0) is 14.3. The van der Waals surface area contributed by atoms with Crippen LogP contribution in [0.1, 0.15) is 39.2 Å². The third-order valence-electron chi connectivity index (χ3n) is 3.80. The van der Waals surface area contributed by atoms with Crippen molar-refractivity contribution >= 4 is 0 Å². The van der Waals surface area contributed by atoms with Gasteiger partial charge in [-0.15, -0.1) is 0 Å². The molecule has 0 heterocycles. The van der Waals surface area contributed by atoms with Crippen LogP contribution in [0.5, 0.6) is 11.5 Å². The molecular weight excluding hydrogens is 238 g/mol. The lowest BCUT2D eigenvalue weighted by molar-refractivity contribution is 0.223. The van der Waals surface area contributed by atoms with Crippen LogP contribution < -0.4 is 4.74 Å². The quantitative estimate of drug-likeness (QED) is 0.778. The van der Waals surface area contributed by atoms with Crippen molar-refractivity contribution < 1.29 is 9.84 Å². The molecule has 0 saturated carbocycles. The number of aromatic hydroxyl groups is 1. The van der Waals surface area contributed by atoms with Crippen LogP contribution in [-0.2, 0) is 6.54 Å². The van der Waals surface area contributed by atoms with E-state index in [1.54, 1.807) is 19.2 Å². The maximum atomic E-state index is 9.94. The summed E-state index contributed by atoms with van der Waals surface area (Å²) in [5, 5.41) is 9.94. The third-order valence-corrected chi connectivity index (χ3v) is 3.80. The number of ether oxygens (including phenoxy) is 1. The van der Waals surface area contributed by atoms with Gasteiger partial charge in [-0.3, -0.25) is 4.90 Å². The average molecular weight is 265 g/mol. The standard InChI is InChI=1S/C16H27NO2/c1-5-13(6-2)11-17(7-3)12-14-10-15(19-4)8-9-16(14)18/h8-10,13,18H,5-7,11-12H2,1-4H3. The van der Waals surface area contributed by atoms with Gasteiger partial charge in [0.25, 0.3) is 0 Å². The first kappa shape index (κ1) is 15.8. The first-order valence-electron chi connectivity index (χ1n) is 7.22. The fraction of sp³-hybridized carbons (Fsp3) is 0.625. The van der Waals surface area contributed by atoms with Crippen molar-refractivity contribution in [3.63, 3.8) is 0 Å². The van der Waals surface area contributed by atoms with Crippen molar-refractivity contribution in [1.29, 1.82) is 0 Å². The van der Waals surface area contributed by atoms with Crippen LogP contribution in [0.3, 0.4) is 0 Å². The molecule has 0 amide bonds. The first-order valence-corrected chi connectivity index (χ1v) is 7.22. The predicted octanol–water partition coefficient (Wildman–Crippen LogP) is 3.66. The van der Waals surface area contributed by atoms with Crippen molar-refractivity contribution in [3.05, 3.63) is 23.8 Å². The maximum Gasteiger partial charge on any atom is 0.120 e. The topological polar surface area (TPSA) is 32.7 Å².